The molecule has 9 nitrogen and oxygen atoms in total. The molecule has 2 aromatic heterocycles. The van der Waals surface area contributed by atoms with Crippen LogP contribution in [0.25, 0.3) is 11.0 Å². The maximum atomic E-state index is 14.8. The molecule has 1 saturated heterocycles. The number of carboxylic acids is 1. The summed E-state index contributed by atoms with van der Waals surface area (Å²) in [4.78, 5) is 43.6. The van der Waals surface area contributed by atoms with E-state index in [1.54, 1.807) is 37.5 Å². The van der Waals surface area contributed by atoms with E-state index in [2.05, 4.69) is 4.98 Å². The second-order valence-corrected chi connectivity index (χ2v) is 8.08. The standard InChI is InChI=1S/C20H25FN4O5.C2H6/c1-5-23-11-13(18(27)28)15(26)12-10-14(21)17(22-16(12)23)24-6-8-25(9-7-24)19(29)30-20(2,3)4;1-2/h10-11H,5-9H2,1-4H3,(H,27,28);1-2H3. The maximum Gasteiger partial charge on any atom is 0.410 e. The topological polar surface area (TPSA) is 105 Å². The van der Waals surface area contributed by atoms with E-state index < -0.39 is 34.5 Å². The predicted octanol–water partition coefficient (Wildman–Crippen LogP) is 3.34. The summed E-state index contributed by atoms with van der Waals surface area (Å²) in [6.45, 7) is 12.9. The number of aryl methyl sites for hydroxylation is 1. The summed E-state index contributed by atoms with van der Waals surface area (Å²) >= 11 is 0. The summed E-state index contributed by atoms with van der Waals surface area (Å²) in [6, 6.07) is 1.04. The molecule has 3 heterocycles. The van der Waals surface area contributed by atoms with Crippen LogP contribution in [0.3, 0.4) is 0 Å². The SMILES string of the molecule is CC.CCn1cc(C(=O)O)c(=O)c2cc(F)c(N3CCN(C(=O)OC(C)(C)C)CC3)nc21. The largest absolute Gasteiger partial charge is 0.477 e. The van der Waals surface area contributed by atoms with Crippen molar-refractivity contribution in [2.75, 3.05) is 31.1 Å². The van der Waals surface area contributed by atoms with E-state index in [-0.39, 0.29) is 16.9 Å². The zero-order chi connectivity index (χ0) is 24.2. The fraction of sp³-hybridized carbons (Fsp3) is 0.545. The Morgan fingerprint density at radius 2 is 1.78 bits per heavy atom. The molecule has 1 aliphatic rings. The van der Waals surface area contributed by atoms with Crippen molar-refractivity contribution in [1.29, 1.82) is 0 Å². The van der Waals surface area contributed by atoms with Gasteiger partial charge in [-0.15, -0.1) is 0 Å². The summed E-state index contributed by atoms with van der Waals surface area (Å²) in [6.07, 6.45) is 0.803. The minimum absolute atomic E-state index is 0.0658. The molecule has 0 unspecified atom stereocenters. The molecular formula is C22H31FN4O5. The van der Waals surface area contributed by atoms with Gasteiger partial charge in [0.15, 0.2) is 11.6 Å². The Balaban J connectivity index is 0.00000176. The molecule has 2 aromatic rings. The van der Waals surface area contributed by atoms with Crippen LogP contribution in [0.5, 0.6) is 0 Å². The molecule has 0 atom stereocenters. The van der Waals surface area contributed by atoms with Crippen molar-refractivity contribution in [3.05, 3.63) is 33.9 Å². The Hall–Kier alpha value is -3.17. The second kappa shape index (κ2) is 9.97. The monoisotopic (exact) mass is 450 g/mol. The summed E-state index contributed by atoms with van der Waals surface area (Å²) < 4.78 is 21.7. The van der Waals surface area contributed by atoms with Gasteiger partial charge in [-0.1, -0.05) is 13.8 Å². The van der Waals surface area contributed by atoms with E-state index in [1.165, 1.54) is 10.8 Å². The molecule has 10 heteroatoms. The van der Waals surface area contributed by atoms with Crippen molar-refractivity contribution in [1.82, 2.24) is 14.5 Å². The highest BCUT2D eigenvalue weighted by Crippen LogP contribution is 2.23. The lowest BCUT2D eigenvalue weighted by Crippen LogP contribution is -2.50. The summed E-state index contributed by atoms with van der Waals surface area (Å²) in [7, 11) is 0. The molecule has 1 N–H and O–H groups in total. The number of pyridine rings is 2. The number of aromatic carboxylic acids is 1. The quantitative estimate of drug-likeness (QED) is 0.765. The summed E-state index contributed by atoms with van der Waals surface area (Å²) in [5, 5.41) is 9.16. The average molecular weight is 451 g/mol. The van der Waals surface area contributed by atoms with Gasteiger partial charge < -0.3 is 24.2 Å². The third-order valence-corrected chi connectivity index (χ3v) is 4.79. The number of piperazine rings is 1. The van der Waals surface area contributed by atoms with Gasteiger partial charge in [0.2, 0.25) is 5.43 Å². The van der Waals surface area contributed by atoms with Crippen LogP contribution in [0.2, 0.25) is 0 Å². The normalized spacial score (nSPS) is 14.1. The Morgan fingerprint density at radius 3 is 2.28 bits per heavy atom. The smallest absolute Gasteiger partial charge is 0.410 e. The number of rotatable bonds is 3. The molecular weight excluding hydrogens is 419 g/mol. The number of hydrogen-bond donors (Lipinski definition) is 1. The van der Waals surface area contributed by atoms with Crippen LogP contribution in [0.15, 0.2) is 17.1 Å². The molecule has 0 saturated carbocycles. The first-order valence-electron chi connectivity index (χ1n) is 10.7. The number of aromatic nitrogens is 2. The number of amides is 1. The highest BCUT2D eigenvalue weighted by atomic mass is 19.1. The molecule has 0 radical (unpaired) electrons. The molecule has 0 bridgehead atoms. The number of carbonyl (C=O) groups is 2. The third-order valence-electron chi connectivity index (χ3n) is 4.79. The zero-order valence-electron chi connectivity index (χ0n) is 19.4. The fourth-order valence-corrected chi connectivity index (χ4v) is 3.32. The minimum atomic E-state index is -1.37. The Morgan fingerprint density at radius 1 is 1.19 bits per heavy atom. The van der Waals surface area contributed by atoms with Crippen LogP contribution >= 0.6 is 0 Å². The van der Waals surface area contributed by atoms with E-state index in [4.69, 9.17) is 4.74 Å². The number of ether oxygens (including phenoxy) is 1. The van der Waals surface area contributed by atoms with Crippen LogP contribution in [-0.4, -0.2) is 63.4 Å². The second-order valence-electron chi connectivity index (χ2n) is 8.08. The molecule has 0 aliphatic carbocycles. The number of hydrogen-bond acceptors (Lipinski definition) is 6. The van der Waals surface area contributed by atoms with Gasteiger partial charge >= 0.3 is 12.1 Å². The van der Waals surface area contributed by atoms with Gasteiger partial charge in [-0.05, 0) is 33.8 Å². The van der Waals surface area contributed by atoms with Gasteiger partial charge in [0.1, 0.15) is 16.8 Å². The molecule has 0 spiro atoms. The Bertz CT molecular complexity index is 1050. The van der Waals surface area contributed by atoms with Crippen LogP contribution < -0.4 is 10.3 Å². The van der Waals surface area contributed by atoms with Gasteiger partial charge in [-0.25, -0.2) is 19.0 Å². The molecule has 1 amide bonds. The summed E-state index contributed by atoms with van der Waals surface area (Å²) in [5.74, 6) is -2.02. The van der Waals surface area contributed by atoms with Crippen LogP contribution in [0.4, 0.5) is 15.0 Å². The maximum absolute atomic E-state index is 14.8. The lowest BCUT2D eigenvalue weighted by Gasteiger charge is -2.36. The van der Waals surface area contributed by atoms with Crippen molar-refractivity contribution in [2.24, 2.45) is 0 Å². The first kappa shape index (κ1) is 25.1. The Labute approximate surface area is 186 Å². The van der Waals surface area contributed by atoms with Gasteiger partial charge in [-0.2, -0.15) is 0 Å². The average Bonchev–Trinajstić information content (AvgIpc) is 2.74. The number of anilines is 1. The molecule has 176 valence electrons. The van der Waals surface area contributed by atoms with E-state index >= 15 is 0 Å². The highest BCUT2D eigenvalue weighted by molar-refractivity contribution is 5.92. The first-order chi connectivity index (χ1) is 15.0. The summed E-state index contributed by atoms with van der Waals surface area (Å²) in [5.41, 5.74) is -1.57. The van der Waals surface area contributed by atoms with Crippen LogP contribution in [0.1, 0.15) is 51.9 Å². The molecule has 1 aliphatic heterocycles. The van der Waals surface area contributed by atoms with E-state index in [9.17, 15) is 23.9 Å². The lowest BCUT2D eigenvalue weighted by atomic mass is 10.2. The molecule has 0 aromatic carbocycles. The van der Waals surface area contributed by atoms with E-state index in [1.807, 2.05) is 13.8 Å². The van der Waals surface area contributed by atoms with Crippen molar-refractivity contribution >= 4 is 28.9 Å². The number of fused-ring (bicyclic) bond motifs is 1. The van der Waals surface area contributed by atoms with E-state index in [0.29, 0.717) is 32.7 Å². The van der Waals surface area contributed by atoms with Crippen LogP contribution in [0, 0.1) is 5.82 Å². The zero-order valence-corrected chi connectivity index (χ0v) is 19.4. The van der Waals surface area contributed by atoms with Gasteiger partial charge in [-0.3, -0.25) is 4.79 Å². The number of nitrogens with zero attached hydrogens (tertiary/aromatic N) is 4. The van der Waals surface area contributed by atoms with Crippen LogP contribution in [-0.2, 0) is 11.3 Å². The van der Waals surface area contributed by atoms with Crippen molar-refractivity contribution in [2.45, 2.75) is 53.7 Å². The fourth-order valence-electron chi connectivity index (χ4n) is 3.32. The van der Waals surface area contributed by atoms with Crippen molar-refractivity contribution in [3.63, 3.8) is 0 Å². The number of halogens is 1. The predicted molar refractivity (Wildman–Crippen MR) is 120 cm³/mol. The van der Waals surface area contributed by atoms with Gasteiger partial charge in [0, 0.05) is 38.9 Å². The molecule has 32 heavy (non-hydrogen) atoms. The first-order valence-corrected chi connectivity index (χ1v) is 10.7. The van der Waals surface area contributed by atoms with Crippen molar-refractivity contribution in [3.8, 4) is 0 Å². The Kier molecular flexibility index (Phi) is 7.82. The number of carbonyl (C=O) groups excluding carboxylic acids is 1. The molecule has 3 rings (SSSR count). The highest BCUT2D eigenvalue weighted by Gasteiger charge is 2.28. The van der Waals surface area contributed by atoms with E-state index in [0.717, 1.165) is 6.07 Å². The minimum Gasteiger partial charge on any atom is -0.477 e. The third kappa shape index (κ3) is 5.35. The van der Waals surface area contributed by atoms with Gasteiger partial charge in [0.05, 0.1) is 5.39 Å². The molecule has 1 fully saturated rings. The number of carboxylic acid groups (broad SMARTS) is 1. The lowest BCUT2D eigenvalue weighted by molar-refractivity contribution is 0.0240. The van der Waals surface area contributed by atoms with Gasteiger partial charge in [0.25, 0.3) is 0 Å². The van der Waals surface area contributed by atoms with Crippen molar-refractivity contribution < 1.29 is 23.8 Å².